The number of carbonyl (C=O) groups excluding carboxylic acids is 2. The quantitative estimate of drug-likeness (QED) is 0.0195. The predicted octanol–water partition coefficient (Wildman–Crippen LogP) is 20.3. The summed E-state index contributed by atoms with van der Waals surface area (Å²) < 4.78 is 17.7. The van der Waals surface area contributed by atoms with Crippen molar-refractivity contribution in [3.8, 4) is 0 Å². The molecular formula is C78H145NO10. The van der Waals surface area contributed by atoms with Gasteiger partial charge in [-0.3, -0.25) is 9.59 Å². The summed E-state index contributed by atoms with van der Waals surface area (Å²) in [6, 6.07) is -1.02. The summed E-state index contributed by atoms with van der Waals surface area (Å²) in [5, 5.41) is 57.3. The molecule has 0 saturated carbocycles. The van der Waals surface area contributed by atoms with Crippen LogP contribution in [0.1, 0.15) is 374 Å². The molecule has 1 aliphatic heterocycles. The van der Waals surface area contributed by atoms with Crippen LogP contribution in [0.3, 0.4) is 0 Å². The Morgan fingerprint density at radius 2 is 0.775 bits per heavy atom. The highest BCUT2D eigenvalue weighted by Gasteiger charge is 2.47. The van der Waals surface area contributed by atoms with E-state index < -0.39 is 67.4 Å². The van der Waals surface area contributed by atoms with Gasteiger partial charge in [0.15, 0.2) is 12.4 Å². The van der Waals surface area contributed by atoms with E-state index in [4.69, 9.17) is 14.2 Å². The molecule has 0 aromatic carbocycles. The van der Waals surface area contributed by atoms with E-state index in [9.17, 15) is 35.1 Å². The number of hydrogen-bond acceptors (Lipinski definition) is 10. The Bertz CT molecular complexity index is 1640. The third-order valence-corrected chi connectivity index (χ3v) is 18.2. The molecule has 8 atom stereocenters. The minimum atomic E-state index is -1.61. The van der Waals surface area contributed by atoms with Crippen LogP contribution in [0.4, 0.5) is 0 Å². The van der Waals surface area contributed by atoms with Crippen LogP contribution in [-0.4, -0.2) is 99.6 Å². The largest absolute Gasteiger partial charge is 0.454 e. The van der Waals surface area contributed by atoms with E-state index in [0.29, 0.717) is 19.3 Å². The van der Waals surface area contributed by atoms with Crippen molar-refractivity contribution in [1.82, 2.24) is 5.32 Å². The zero-order chi connectivity index (χ0) is 64.6. The van der Waals surface area contributed by atoms with E-state index in [1.54, 1.807) is 6.08 Å². The second kappa shape index (κ2) is 65.7. The van der Waals surface area contributed by atoms with Gasteiger partial charge in [-0.15, -0.1) is 0 Å². The Labute approximate surface area is 548 Å². The Balaban J connectivity index is 2.49. The summed E-state index contributed by atoms with van der Waals surface area (Å²) in [5.74, 6) is -1.18. The fourth-order valence-electron chi connectivity index (χ4n) is 12.2. The summed E-state index contributed by atoms with van der Waals surface area (Å²) in [6.45, 7) is 5.82. The highest BCUT2D eigenvalue weighted by Crippen LogP contribution is 2.27. The molecule has 89 heavy (non-hydrogen) atoms. The summed E-state index contributed by atoms with van der Waals surface area (Å²) in [5.41, 5.74) is 0. The van der Waals surface area contributed by atoms with Crippen molar-refractivity contribution in [3.63, 3.8) is 0 Å². The Hall–Kier alpha value is -2.38. The molecule has 6 N–H and O–H groups in total. The molecule has 1 amide bonds. The van der Waals surface area contributed by atoms with Crippen LogP contribution in [0, 0.1) is 0 Å². The number of rotatable bonds is 67. The maximum Gasteiger partial charge on any atom is 0.306 e. The second-order valence-electron chi connectivity index (χ2n) is 26.7. The number of allylic oxidation sites excluding steroid dienone is 7. The van der Waals surface area contributed by atoms with Gasteiger partial charge in [-0.25, -0.2) is 0 Å². The molecule has 0 aliphatic carbocycles. The lowest BCUT2D eigenvalue weighted by Crippen LogP contribution is -2.61. The monoisotopic (exact) mass is 1260 g/mol. The third kappa shape index (κ3) is 52.7. The van der Waals surface area contributed by atoms with Crippen molar-refractivity contribution >= 4 is 11.9 Å². The van der Waals surface area contributed by atoms with E-state index in [-0.39, 0.29) is 13.0 Å². The maximum atomic E-state index is 13.5. The minimum Gasteiger partial charge on any atom is -0.454 e. The van der Waals surface area contributed by atoms with E-state index in [2.05, 4.69) is 62.5 Å². The summed E-state index contributed by atoms with van der Waals surface area (Å²) in [4.78, 5) is 26.7. The van der Waals surface area contributed by atoms with Gasteiger partial charge in [-0.1, -0.05) is 333 Å². The first-order valence-electron chi connectivity index (χ1n) is 38.4. The van der Waals surface area contributed by atoms with Crippen LogP contribution < -0.4 is 5.32 Å². The molecule has 0 aromatic heterocycles. The van der Waals surface area contributed by atoms with Gasteiger partial charge in [-0.2, -0.15) is 0 Å². The number of esters is 1. The Morgan fingerprint density at radius 3 is 1.18 bits per heavy atom. The molecule has 1 saturated heterocycles. The third-order valence-electron chi connectivity index (χ3n) is 18.2. The predicted molar refractivity (Wildman–Crippen MR) is 375 cm³/mol. The lowest BCUT2D eigenvalue weighted by Gasteiger charge is -2.41. The number of aliphatic hydroxyl groups is 5. The zero-order valence-electron chi connectivity index (χ0n) is 58.3. The lowest BCUT2D eigenvalue weighted by molar-refractivity contribution is -0.305. The normalized spacial score (nSPS) is 18.3. The fourth-order valence-corrected chi connectivity index (χ4v) is 12.2. The van der Waals surface area contributed by atoms with Gasteiger partial charge in [0, 0.05) is 6.42 Å². The van der Waals surface area contributed by atoms with Crippen molar-refractivity contribution in [3.05, 3.63) is 48.6 Å². The van der Waals surface area contributed by atoms with Gasteiger partial charge in [-0.05, 0) is 83.5 Å². The van der Waals surface area contributed by atoms with Gasteiger partial charge in [0.05, 0.1) is 25.4 Å². The number of nitrogens with one attached hydrogen (secondary N) is 1. The molecule has 1 rings (SSSR count). The van der Waals surface area contributed by atoms with Crippen molar-refractivity contribution in [2.45, 2.75) is 423 Å². The molecule has 1 fully saturated rings. The van der Waals surface area contributed by atoms with E-state index in [0.717, 1.165) is 64.2 Å². The van der Waals surface area contributed by atoms with Gasteiger partial charge in [0.25, 0.3) is 0 Å². The Kier molecular flexibility index (Phi) is 62.4. The molecule has 0 aromatic rings. The van der Waals surface area contributed by atoms with Crippen LogP contribution in [-0.2, 0) is 23.8 Å². The summed E-state index contributed by atoms with van der Waals surface area (Å²) in [7, 11) is 0. The number of amides is 1. The van der Waals surface area contributed by atoms with E-state index >= 15 is 0 Å². The SMILES string of the molecule is CCCCC/C=C\C/C=C\CCCCCCCCCCCCCCCCC(O)C(=O)NC(COC1OC(CO)C(O)C(O)C1OC(=O)CCCCCCCCCCCCCCCCC/C=C/CCCCCCCC)C(O)/C=C/CCCCCCCCCCC. The van der Waals surface area contributed by atoms with Crippen LogP contribution >= 0.6 is 0 Å². The molecule has 1 aliphatic rings. The van der Waals surface area contributed by atoms with Gasteiger partial charge in [0.1, 0.15) is 24.4 Å². The lowest BCUT2D eigenvalue weighted by atomic mass is 9.99. The van der Waals surface area contributed by atoms with Crippen LogP contribution in [0.25, 0.3) is 0 Å². The van der Waals surface area contributed by atoms with Crippen molar-refractivity contribution < 1.29 is 49.3 Å². The van der Waals surface area contributed by atoms with Crippen molar-refractivity contribution in [1.29, 1.82) is 0 Å². The molecule has 522 valence electrons. The first kappa shape index (κ1) is 84.6. The molecule has 11 heteroatoms. The number of unbranched alkanes of at least 4 members (excludes halogenated alkanes) is 47. The average molecular weight is 1260 g/mol. The summed E-state index contributed by atoms with van der Waals surface area (Å²) in [6.07, 6.45) is 73.1. The van der Waals surface area contributed by atoms with Crippen molar-refractivity contribution in [2.75, 3.05) is 13.2 Å². The highest BCUT2D eigenvalue weighted by atomic mass is 16.7. The highest BCUT2D eigenvalue weighted by molar-refractivity contribution is 5.80. The summed E-state index contributed by atoms with van der Waals surface area (Å²) >= 11 is 0. The van der Waals surface area contributed by atoms with Gasteiger partial charge in [0.2, 0.25) is 5.91 Å². The standard InChI is InChI=1S/C78H145NO10/c1-4-7-10-13-16-19-22-24-26-28-30-32-34-36-38-40-42-44-46-48-51-54-57-60-63-66-73(83)89-76-75(85)74(84)72(67-80)88-78(76)87-68-69(70(81)64-61-58-55-52-49-21-18-15-12-9-6-3)79-77(86)71(82)65-62-59-56-53-50-47-45-43-41-39-37-35-33-31-29-27-25-23-20-17-14-11-8-5-2/h17,20,24-27,61,64,69-72,74-76,78,80-82,84-85H,4-16,18-19,21-23,28-60,62-63,65-68H2,1-3H3,(H,79,86)/b20-17-,26-24+,27-25-,64-61+. The van der Waals surface area contributed by atoms with Crippen LogP contribution in [0.15, 0.2) is 48.6 Å². The molecule has 1 heterocycles. The average Bonchev–Trinajstić information content (AvgIpc) is 3.72. The molecular weight excluding hydrogens is 1110 g/mol. The van der Waals surface area contributed by atoms with Gasteiger partial charge < -0.3 is 45.1 Å². The topological polar surface area (TPSA) is 175 Å². The number of hydrogen-bond donors (Lipinski definition) is 6. The number of ether oxygens (including phenoxy) is 3. The molecule has 8 unspecified atom stereocenters. The van der Waals surface area contributed by atoms with Crippen LogP contribution in [0.2, 0.25) is 0 Å². The van der Waals surface area contributed by atoms with Gasteiger partial charge >= 0.3 is 5.97 Å². The molecule has 11 nitrogen and oxygen atoms in total. The maximum absolute atomic E-state index is 13.5. The minimum absolute atomic E-state index is 0.127. The fraction of sp³-hybridized carbons (Fsp3) is 0.872. The first-order chi connectivity index (χ1) is 43.7. The number of carbonyl (C=O) groups is 2. The van der Waals surface area contributed by atoms with E-state index in [1.807, 2.05) is 6.08 Å². The zero-order valence-corrected chi connectivity index (χ0v) is 58.3. The smallest absolute Gasteiger partial charge is 0.306 e. The van der Waals surface area contributed by atoms with E-state index in [1.165, 1.54) is 263 Å². The molecule has 0 radical (unpaired) electrons. The van der Waals surface area contributed by atoms with Crippen LogP contribution in [0.5, 0.6) is 0 Å². The molecule has 0 spiro atoms. The first-order valence-corrected chi connectivity index (χ1v) is 38.4. The number of aliphatic hydroxyl groups excluding tert-OH is 5. The molecule has 0 bridgehead atoms. The second-order valence-corrected chi connectivity index (χ2v) is 26.7. The Morgan fingerprint density at radius 1 is 0.438 bits per heavy atom. The van der Waals surface area contributed by atoms with Crippen molar-refractivity contribution in [2.24, 2.45) is 0 Å².